The normalized spacial score (nSPS) is 16.9. The molecule has 3 N–H and O–H groups in total. The number of halogens is 2. The fourth-order valence-electron chi connectivity index (χ4n) is 4.94. The summed E-state index contributed by atoms with van der Waals surface area (Å²) in [5, 5.41) is 20.4. The van der Waals surface area contributed by atoms with Crippen LogP contribution in [0.15, 0.2) is 54.9 Å². The molecule has 2 fully saturated rings. The van der Waals surface area contributed by atoms with Gasteiger partial charge in [0.2, 0.25) is 0 Å². The fraction of sp³-hybridized carbons (Fsp3) is 0.419. The highest BCUT2D eigenvalue weighted by Gasteiger charge is 2.26. The summed E-state index contributed by atoms with van der Waals surface area (Å²) in [5.74, 6) is 0.442. The van der Waals surface area contributed by atoms with E-state index in [9.17, 15) is 9.90 Å². The number of phenols is 1. The number of benzene rings is 2. The zero-order chi connectivity index (χ0) is 28.8. The number of phenolic OH excluding ortho intramolecular Hbond substituents is 1. The zero-order valence-electron chi connectivity index (χ0n) is 22.9. The van der Waals surface area contributed by atoms with E-state index in [0.29, 0.717) is 51.6 Å². The molecular formula is C31H36Cl2N3O5+. The highest BCUT2D eigenvalue weighted by atomic mass is 35.5. The van der Waals surface area contributed by atoms with E-state index < -0.39 is 12.1 Å². The van der Waals surface area contributed by atoms with Gasteiger partial charge in [-0.25, -0.2) is 9.78 Å². The van der Waals surface area contributed by atoms with Gasteiger partial charge in [-0.05, 0) is 54.2 Å². The third-order valence-corrected chi connectivity index (χ3v) is 8.31. The van der Waals surface area contributed by atoms with Crippen LogP contribution in [0.1, 0.15) is 46.0 Å². The topological polar surface area (TPSA) is 96.6 Å². The van der Waals surface area contributed by atoms with E-state index in [0.717, 1.165) is 51.1 Å². The number of esters is 1. The van der Waals surface area contributed by atoms with Crippen molar-refractivity contribution in [3.8, 4) is 11.5 Å². The standard InChI is InChI=1S/C31H35Cl2N3O5/c32-26-17-34-18-27(33)25(26)16-29(24-7-8-28(38)30(15-24)40-20-22-1-2-22)41-31(39)23-5-3-21(4-6-23)19-36-11-9-35(10-12-36)13-14-37/h3-8,15,17-18,22,29,37-38H,1-2,9-14,16,19-20H2/p+1/t29-/m0/s1. The largest absolute Gasteiger partial charge is 0.504 e. The van der Waals surface area contributed by atoms with Crippen molar-refractivity contribution in [3.63, 3.8) is 0 Å². The maximum atomic E-state index is 13.4. The number of piperazine rings is 1. The van der Waals surface area contributed by atoms with Gasteiger partial charge in [0.1, 0.15) is 16.1 Å². The molecule has 218 valence electrons. The van der Waals surface area contributed by atoms with Crippen LogP contribution in [0.5, 0.6) is 11.5 Å². The zero-order valence-corrected chi connectivity index (χ0v) is 24.4. The van der Waals surface area contributed by atoms with Gasteiger partial charge in [-0.3, -0.25) is 9.80 Å². The van der Waals surface area contributed by atoms with Gasteiger partial charge in [-0.15, -0.1) is 0 Å². The van der Waals surface area contributed by atoms with Gasteiger partial charge >= 0.3 is 5.97 Å². The van der Waals surface area contributed by atoms with E-state index in [1.807, 2.05) is 12.1 Å². The number of aromatic amines is 1. The number of nitrogens with zero attached hydrogens (tertiary/aromatic N) is 2. The molecule has 5 rings (SSSR count). The number of aliphatic hydroxyl groups excluding tert-OH is 1. The van der Waals surface area contributed by atoms with Crippen molar-refractivity contribution < 1.29 is 29.5 Å². The van der Waals surface area contributed by atoms with Crippen LogP contribution in [0, 0.1) is 5.92 Å². The van der Waals surface area contributed by atoms with E-state index in [1.54, 1.807) is 42.7 Å². The Kier molecular flexibility index (Phi) is 10.0. The number of aliphatic hydroxyl groups is 1. The number of β-amino-alcohol motifs (C(OH)–C–C–N with tert-alkyl or cyclic N) is 1. The summed E-state index contributed by atoms with van der Waals surface area (Å²) in [6.45, 7) is 5.98. The first-order chi connectivity index (χ1) is 19.9. The summed E-state index contributed by atoms with van der Waals surface area (Å²) >= 11 is 12.9. The molecule has 1 atom stereocenters. The number of rotatable bonds is 12. The Morgan fingerprint density at radius 3 is 2.34 bits per heavy atom. The molecule has 2 aromatic carbocycles. The highest BCUT2D eigenvalue weighted by Crippen LogP contribution is 2.36. The maximum Gasteiger partial charge on any atom is 0.338 e. The molecule has 1 saturated carbocycles. The molecular weight excluding hydrogens is 565 g/mol. The number of carbonyl (C=O) groups excluding carboxylic acids is 1. The summed E-state index contributed by atoms with van der Waals surface area (Å²) < 4.78 is 11.9. The van der Waals surface area contributed by atoms with Crippen LogP contribution < -0.4 is 9.72 Å². The molecule has 0 bridgehead atoms. The maximum absolute atomic E-state index is 13.4. The third-order valence-electron chi connectivity index (χ3n) is 7.64. The molecule has 2 heterocycles. The number of pyridine rings is 1. The number of hydrogen-bond acceptors (Lipinski definition) is 7. The minimum Gasteiger partial charge on any atom is -0.504 e. The van der Waals surface area contributed by atoms with Crippen LogP contribution in [0.4, 0.5) is 0 Å². The van der Waals surface area contributed by atoms with Crippen molar-refractivity contribution in [2.45, 2.75) is 31.9 Å². The molecule has 0 unspecified atom stereocenters. The second-order valence-corrected chi connectivity index (χ2v) is 11.6. The number of carbonyl (C=O) groups is 1. The number of ether oxygens (including phenoxy) is 2. The first kappa shape index (κ1) is 29.6. The molecule has 0 radical (unpaired) electrons. The minimum atomic E-state index is -0.723. The second kappa shape index (κ2) is 13.9. The second-order valence-electron chi connectivity index (χ2n) is 10.7. The lowest BCUT2D eigenvalue weighted by atomic mass is 10.0. The Balaban J connectivity index is 1.29. The molecule has 10 heteroatoms. The van der Waals surface area contributed by atoms with Crippen molar-refractivity contribution in [3.05, 3.63) is 87.2 Å². The van der Waals surface area contributed by atoms with Gasteiger partial charge in [0, 0.05) is 51.3 Å². The van der Waals surface area contributed by atoms with Crippen molar-refractivity contribution >= 4 is 29.2 Å². The lowest BCUT2D eigenvalue weighted by molar-refractivity contribution is -0.377. The van der Waals surface area contributed by atoms with Crippen LogP contribution in [0.25, 0.3) is 0 Å². The van der Waals surface area contributed by atoms with Gasteiger partial charge < -0.3 is 19.7 Å². The molecule has 1 aliphatic heterocycles. The van der Waals surface area contributed by atoms with Crippen LogP contribution in [0.2, 0.25) is 10.0 Å². The molecule has 2 aliphatic rings. The Labute approximate surface area is 250 Å². The monoisotopic (exact) mass is 600 g/mol. The van der Waals surface area contributed by atoms with E-state index >= 15 is 0 Å². The Morgan fingerprint density at radius 2 is 1.68 bits per heavy atom. The summed E-state index contributed by atoms with van der Waals surface area (Å²) in [6.07, 6.45) is 5.04. The molecule has 0 spiro atoms. The van der Waals surface area contributed by atoms with E-state index in [1.165, 1.54) is 0 Å². The molecule has 8 nitrogen and oxygen atoms in total. The predicted molar refractivity (Wildman–Crippen MR) is 156 cm³/mol. The van der Waals surface area contributed by atoms with Gasteiger partial charge in [0.25, 0.3) is 0 Å². The van der Waals surface area contributed by atoms with Crippen molar-refractivity contribution in [2.24, 2.45) is 5.92 Å². The van der Waals surface area contributed by atoms with E-state index in [4.69, 9.17) is 37.8 Å². The number of aromatic nitrogens is 1. The molecule has 1 saturated heterocycles. The van der Waals surface area contributed by atoms with Crippen molar-refractivity contribution in [1.29, 1.82) is 0 Å². The van der Waals surface area contributed by atoms with Crippen LogP contribution >= 0.6 is 23.2 Å². The molecule has 0 amide bonds. The molecule has 1 aliphatic carbocycles. The average Bonchev–Trinajstić information content (AvgIpc) is 3.80. The van der Waals surface area contributed by atoms with Crippen LogP contribution in [0.3, 0.4) is 0 Å². The molecule has 41 heavy (non-hydrogen) atoms. The van der Waals surface area contributed by atoms with E-state index in [2.05, 4.69) is 14.8 Å². The first-order valence-electron chi connectivity index (χ1n) is 14.0. The number of hydrogen-bond donors (Lipinski definition) is 2. The van der Waals surface area contributed by atoms with Crippen LogP contribution in [-0.4, -0.2) is 71.9 Å². The van der Waals surface area contributed by atoms with Crippen molar-refractivity contribution in [1.82, 2.24) is 9.80 Å². The van der Waals surface area contributed by atoms with Gasteiger partial charge in [0.05, 0.1) is 18.8 Å². The van der Waals surface area contributed by atoms with Crippen LogP contribution in [-0.2, 0) is 17.7 Å². The summed E-state index contributed by atoms with van der Waals surface area (Å²) in [5.41, 5.74) is 2.87. The lowest BCUT2D eigenvalue weighted by Gasteiger charge is -2.34. The quantitative estimate of drug-likeness (QED) is 0.294. The number of nitrogens with one attached hydrogen (secondary N) is 1. The van der Waals surface area contributed by atoms with Gasteiger partial charge in [0.15, 0.2) is 23.9 Å². The average molecular weight is 602 g/mol. The first-order valence-corrected chi connectivity index (χ1v) is 14.8. The number of H-pyrrole nitrogens is 1. The van der Waals surface area contributed by atoms with Crippen molar-refractivity contribution in [2.75, 3.05) is 45.9 Å². The summed E-state index contributed by atoms with van der Waals surface area (Å²) in [7, 11) is 0. The van der Waals surface area contributed by atoms with Gasteiger partial charge in [-0.2, -0.15) is 0 Å². The smallest absolute Gasteiger partial charge is 0.338 e. The molecule has 1 aromatic heterocycles. The van der Waals surface area contributed by atoms with Gasteiger partial charge in [-0.1, -0.05) is 41.4 Å². The van der Waals surface area contributed by atoms with E-state index in [-0.39, 0.29) is 18.8 Å². The Hall–Kier alpha value is -2.88. The number of aromatic hydroxyl groups is 1. The summed E-state index contributed by atoms with van der Waals surface area (Å²) in [6, 6.07) is 12.5. The SMILES string of the molecule is O=C(O[C@@H](Cc1c(Cl)c[nH+]cc1Cl)c1ccc(O)c(OCC2CC2)c1)c1ccc(CN2CCN(CCO)CC2)cc1. The highest BCUT2D eigenvalue weighted by molar-refractivity contribution is 6.35. The summed E-state index contributed by atoms with van der Waals surface area (Å²) in [4.78, 5) is 20.9. The Morgan fingerprint density at radius 1 is 1.00 bits per heavy atom. The fourth-order valence-corrected chi connectivity index (χ4v) is 5.47. The minimum absolute atomic E-state index is 0.0373. The molecule has 3 aromatic rings. The third kappa shape index (κ3) is 8.11. The lowest BCUT2D eigenvalue weighted by Crippen LogP contribution is -2.46. The predicted octanol–water partition coefficient (Wildman–Crippen LogP) is 4.55. The Bertz CT molecular complexity index is 1310.